The quantitative estimate of drug-likeness (QED) is 0.672. The number of hydrogen-bond acceptors (Lipinski definition) is 4. The van der Waals surface area contributed by atoms with E-state index in [-0.39, 0.29) is 23.3 Å². The molecule has 0 unspecified atom stereocenters. The molecule has 0 atom stereocenters. The van der Waals surface area contributed by atoms with E-state index in [0.717, 1.165) is 25.7 Å². The van der Waals surface area contributed by atoms with Gasteiger partial charge in [0.1, 0.15) is 0 Å². The van der Waals surface area contributed by atoms with Crippen LogP contribution >= 0.6 is 0 Å². The lowest BCUT2D eigenvalue weighted by Crippen LogP contribution is -2.37. The van der Waals surface area contributed by atoms with Gasteiger partial charge in [0, 0.05) is 23.6 Å². The number of H-pyrrole nitrogens is 1. The van der Waals surface area contributed by atoms with Crippen molar-refractivity contribution in [3.63, 3.8) is 0 Å². The van der Waals surface area contributed by atoms with Crippen LogP contribution in [0.25, 0.3) is 10.9 Å². The smallest absolute Gasteiger partial charge is 0.272 e. The van der Waals surface area contributed by atoms with Gasteiger partial charge in [-0.15, -0.1) is 0 Å². The molecule has 0 spiro atoms. The second kappa shape index (κ2) is 5.75. The zero-order chi connectivity index (χ0) is 15.7. The van der Waals surface area contributed by atoms with Gasteiger partial charge in [0.15, 0.2) is 5.69 Å². The Kier molecular flexibility index (Phi) is 3.79. The summed E-state index contributed by atoms with van der Waals surface area (Å²) in [6, 6.07) is 4.51. The molecule has 3 rings (SSSR count). The molecule has 0 aliphatic heterocycles. The molecule has 2 aromatic rings. The zero-order valence-electron chi connectivity index (χ0n) is 12.3. The highest BCUT2D eigenvalue weighted by Crippen LogP contribution is 2.25. The summed E-state index contributed by atoms with van der Waals surface area (Å²) < 4.78 is 0. The van der Waals surface area contributed by atoms with Gasteiger partial charge in [0.2, 0.25) is 0 Å². The molecule has 7 heteroatoms. The van der Waals surface area contributed by atoms with E-state index in [1.165, 1.54) is 12.1 Å². The molecule has 7 nitrogen and oxygen atoms in total. The van der Waals surface area contributed by atoms with E-state index in [2.05, 4.69) is 22.4 Å². The molecule has 0 radical (unpaired) electrons. The Morgan fingerprint density at radius 1 is 1.36 bits per heavy atom. The van der Waals surface area contributed by atoms with Crippen LogP contribution in [0.2, 0.25) is 0 Å². The number of nitro benzene ring substituents is 1. The lowest BCUT2D eigenvalue weighted by molar-refractivity contribution is -0.384. The van der Waals surface area contributed by atoms with E-state index in [0.29, 0.717) is 16.8 Å². The summed E-state index contributed by atoms with van der Waals surface area (Å²) >= 11 is 0. The molecule has 1 saturated carbocycles. The maximum absolute atomic E-state index is 12.4. The number of nitrogens with zero attached hydrogens (tertiary/aromatic N) is 2. The molecule has 1 aliphatic rings. The van der Waals surface area contributed by atoms with Gasteiger partial charge in [-0.1, -0.05) is 6.92 Å². The van der Waals surface area contributed by atoms with Crippen LogP contribution in [0.5, 0.6) is 0 Å². The minimum absolute atomic E-state index is 0.0468. The summed E-state index contributed by atoms with van der Waals surface area (Å²) in [4.78, 5) is 22.8. The van der Waals surface area contributed by atoms with Crippen molar-refractivity contribution in [2.24, 2.45) is 5.92 Å². The number of benzene rings is 1. The average molecular weight is 302 g/mol. The second-order valence-corrected chi connectivity index (χ2v) is 5.99. The van der Waals surface area contributed by atoms with E-state index in [9.17, 15) is 14.9 Å². The van der Waals surface area contributed by atoms with Crippen molar-refractivity contribution in [2.75, 3.05) is 0 Å². The highest BCUT2D eigenvalue weighted by atomic mass is 16.6. The first kappa shape index (κ1) is 14.5. The van der Waals surface area contributed by atoms with Crippen molar-refractivity contribution >= 4 is 22.5 Å². The number of aromatic nitrogens is 2. The van der Waals surface area contributed by atoms with Crippen molar-refractivity contribution in [1.29, 1.82) is 0 Å². The van der Waals surface area contributed by atoms with Gasteiger partial charge in [-0.3, -0.25) is 20.0 Å². The van der Waals surface area contributed by atoms with Gasteiger partial charge in [-0.2, -0.15) is 5.10 Å². The molecular weight excluding hydrogens is 284 g/mol. The number of non-ortho nitro benzene ring substituents is 1. The molecular formula is C15H18N4O3. The number of nitro groups is 1. The average Bonchev–Trinajstić information content (AvgIpc) is 2.92. The fourth-order valence-corrected chi connectivity index (χ4v) is 2.95. The maximum atomic E-state index is 12.4. The molecule has 1 fully saturated rings. The van der Waals surface area contributed by atoms with Crippen LogP contribution in [0, 0.1) is 16.0 Å². The Hall–Kier alpha value is -2.44. The standard InChI is InChI=1S/C15H18N4O3/c1-9-2-4-10(5-3-9)16-15(20)14-12-8-11(19(21)22)6-7-13(12)17-18-14/h6-10H,2-5H2,1H3,(H,16,20)(H,17,18). The largest absolute Gasteiger partial charge is 0.348 e. The van der Waals surface area contributed by atoms with Crippen LogP contribution in [-0.4, -0.2) is 27.1 Å². The first-order valence-electron chi connectivity index (χ1n) is 7.48. The lowest BCUT2D eigenvalue weighted by Gasteiger charge is -2.26. The van der Waals surface area contributed by atoms with E-state index < -0.39 is 4.92 Å². The van der Waals surface area contributed by atoms with Crippen molar-refractivity contribution in [3.8, 4) is 0 Å². The molecule has 2 N–H and O–H groups in total. The second-order valence-electron chi connectivity index (χ2n) is 5.99. The summed E-state index contributed by atoms with van der Waals surface area (Å²) in [6.45, 7) is 2.22. The van der Waals surface area contributed by atoms with Crippen molar-refractivity contribution < 1.29 is 9.72 Å². The Labute approximate surface area is 127 Å². The van der Waals surface area contributed by atoms with Gasteiger partial charge in [-0.05, 0) is 37.7 Å². The molecule has 1 amide bonds. The minimum Gasteiger partial charge on any atom is -0.348 e. The van der Waals surface area contributed by atoms with Gasteiger partial charge < -0.3 is 5.32 Å². The normalized spacial score (nSPS) is 21.7. The highest BCUT2D eigenvalue weighted by molar-refractivity contribution is 6.05. The van der Waals surface area contributed by atoms with Gasteiger partial charge in [0.05, 0.1) is 10.4 Å². The molecule has 0 bridgehead atoms. The third kappa shape index (κ3) is 2.79. The first-order chi connectivity index (χ1) is 10.5. The number of amides is 1. The zero-order valence-corrected chi connectivity index (χ0v) is 12.3. The van der Waals surface area contributed by atoms with Gasteiger partial charge in [-0.25, -0.2) is 0 Å². The predicted molar refractivity (Wildman–Crippen MR) is 81.6 cm³/mol. The molecule has 1 aromatic heterocycles. The monoisotopic (exact) mass is 302 g/mol. The number of rotatable bonds is 3. The Bertz CT molecular complexity index is 717. The lowest BCUT2D eigenvalue weighted by atomic mass is 9.87. The summed E-state index contributed by atoms with van der Waals surface area (Å²) in [6.07, 6.45) is 4.15. The third-order valence-corrected chi connectivity index (χ3v) is 4.32. The van der Waals surface area contributed by atoms with E-state index in [1.54, 1.807) is 6.07 Å². The fourth-order valence-electron chi connectivity index (χ4n) is 2.95. The van der Waals surface area contributed by atoms with Crippen LogP contribution in [-0.2, 0) is 0 Å². The van der Waals surface area contributed by atoms with E-state index in [1.807, 2.05) is 0 Å². The summed E-state index contributed by atoms with van der Waals surface area (Å²) in [5, 5.41) is 21.1. The number of nitrogens with one attached hydrogen (secondary N) is 2. The third-order valence-electron chi connectivity index (χ3n) is 4.32. The summed E-state index contributed by atoms with van der Waals surface area (Å²) in [5.74, 6) is 0.438. The van der Waals surface area contributed by atoms with Crippen LogP contribution < -0.4 is 5.32 Å². The van der Waals surface area contributed by atoms with Crippen molar-refractivity contribution in [3.05, 3.63) is 34.0 Å². The highest BCUT2D eigenvalue weighted by Gasteiger charge is 2.23. The Morgan fingerprint density at radius 2 is 2.09 bits per heavy atom. The van der Waals surface area contributed by atoms with Crippen molar-refractivity contribution in [1.82, 2.24) is 15.5 Å². The topological polar surface area (TPSA) is 101 Å². The Morgan fingerprint density at radius 3 is 2.77 bits per heavy atom. The summed E-state index contributed by atoms with van der Waals surface area (Å²) in [7, 11) is 0. The number of aromatic amines is 1. The predicted octanol–water partition coefficient (Wildman–Crippen LogP) is 2.78. The summed E-state index contributed by atoms with van der Waals surface area (Å²) in [5.41, 5.74) is 0.791. The molecule has 1 aromatic carbocycles. The van der Waals surface area contributed by atoms with Crippen LogP contribution in [0.15, 0.2) is 18.2 Å². The molecule has 22 heavy (non-hydrogen) atoms. The minimum atomic E-state index is -0.476. The van der Waals surface area contributed by atoms with E-state index >= 15 is 0 Å². The van der Waals surface area contributed by atoms with E-state index in [4.69, 9.17) is 0 Å². The van der Waals surface area contributed by atoms with Crippen LogP contribution in [0.3, 0.4) is 0 Å². The molecule has 1 heterocycles. The molecule has 0 saturated heterocycles. The molecule has 116 valence electrons. The number of hydrogen-bond donors (Lipinski definition) is 2. The fraction of sp³-hybridized carbons (Fsp3) is 0.467. The Balaban J connectivity index is 1.81. The van der Waals surface area contributed by atoms with Crippen molar-refractivity contribution in [2.45, 2.75) is 38.6 Å². The van der Waals surface area contributed by atoms with Crippen LogP contribution in [0.4, 0.5) is 5.69 Å². The maximum Gasteiger partial charge on any atom is 0.272 e. The van der Waals surface area contributed by atoms with Gasteiger partial charge >= 0.3 is 0 Å². The van der Waals surface area contributed by atoms with Gasteiger partial charge in [0.25, 0.3) is 11.6 Å². The molecule has 1 aliphatic carbocycles. The number of fused-ring (bicyclic) bond motifs is 1. The van der Waals surface area contributed by atoms with Crippen LogP contribution in [0.1, 0.15) is 43.1 Å². The first-order valence-corrected chi connectivity index (χ1v) is 7.48. The number of carbonyl (C=O) groups is 1. The SMILES string of the molecule is CC1CCC(NC(=O)c2n[nH]c3ccc([N+](=O)[O-])cc23)CC1. The number of carbonyl (C=O) groups excluding carboxylic acids is 1.